The Balaban J connectivity index is 2.44. The second-order valence-electron chi connectivity index (χ2n) is 5.33. The molecule has 0 aromatic rings. The summed E-state index contributed by atoms with van der Waals surface area (Å²) < 4.78 is 5.60. The lowest BCUT2D eigenvalue weighted by Crippen LogP contribution is -2.37. The number of nitriles is 1. The zero-order valence-corrected chi connectivity index (χ0v) is 11.5. The normalized spacial score (nSPS) is 19.6. The van der Waals surface area contributed by atoms with Crippen molar-refractivity contribution in [2.24, 2.45) is 5.92 Å². The largest absolute Gasteiger partial charge is 0.378 e. The maximum atomic E-state index is 12.2. The Morgan fingerprint density at radius 2 is 2.28 bits per heavy atom. The van der Waals surface area contributed by atoms with Crippen LogP contribution in [-0.2, 0) is 9.53 Å². The minimum atomic E-state index is 0.0861. The summed E-state index contributed by atoms with van der Waals surface area (Å²) in [5.41, 5.74) is 0. The van der Waals surface area contributed by atoms with Gasteiger partial charge in [-0.2, -0.15) is 5.26 Å². The molecule has 1 fully saturated rings. The molecule has 0 N–H and O–H groups in total. The summed E-state index contributed by atoms with van der Waals surface area (Å²) in [6, 6.07) is 2.10. The van der Waals surface area contributed by atoms with Crippen LogP contribution in [0.1, 0.15) is 46.0 Å². The number of hydrogen-bond donors (Lipinski definition) is 0. The van der Waals surface area contributed by atoms with Gasteiger partial charge in [0.25, 0.3) is 0 Å². The molecule has 18 heavy (non-hydrogen) atoms. The number of ether oxygens (including phenoxy) is 1. The highest BCUT2D eigenvalue weighted by Crippen LogP contribution is 2.17. The van der Waals surface area contributed by atoms with Crippen LogP contribution in [0.15, 0.2) is 0 Å². The van der Waals surface area contributed by atoms with Crippen molar-refractivity contribution in [2.45, 2.75) is 52.1 Å². The summed E-state index contributed by atoms with van der Waals surface area (Å²) >= 11 is 0. The van der Waals surface area contributed by atoms with Crippen LogP contribution in [0.5, 0.6) is 0 Å². The van der Waals surface area contributed by atoms with Gasteiger partial charge in [-0.3, -0.25) is 4.79 Å². The number of nitrogens with zero attached hydrogens (tertiary/aromatic N) is 2. The van der Waals surface area contributed by atoms with Crippen LogP contribution in [0, 0.1) is 17.2 Å². The van der Waals surface area contributed by atoms with Gasteiger partial charge in [0, 0.05) is 19.7 Å². The van der Waals surface area contributed by atoms with Gasteiger partial charge < -0.3 is 9.64 Å². The van der Waals surface area contributed by atoms with E-state index in [4.69, 9.17) is 10.00 Å². The molecule has 102 valence electrons. The molecule has 0 aromatic heterocycles. The van der Waals surface area contributed by atoms with Crippen LogP contribution in [0.25, 0.3) is 0 Å². The number of carbonyl (C=O) groups excluding carboxylic acids is 1. The molecule has 1 amide bonds. The summed E-state index contributed by atoms with van der Waals surface area (Å²) in [5, 5.41) is 8.64. The van der Waals surface area contributed by atoms with Gasteiger partial charge in [-0.25, -0.2) is 0 Å². The maximum absolute atomic E-state index is 12.2. The summed E-state index contributed by atoms with van der Waals surface area (Å²) in [5.74, 6) is 0.561. The van der Waals surface area contributed by atoms with Crippen LogP contribution >= 0.6 is 0 Å². The Kier molecular flexibility index (Phi) is 6.74. The standard InChI is InChI=1S/C14H24N2O2/c1-12(2)11-16(8-5-7-15)14(17)10-13-6-3-4-9-18-13/h12-13H,3-6,8-11H2,1-2H3. The van der Waals surface area contributed by atoms with E-state index in [1.54, 1.807) is 0 Å². The van der Waals surface area contributed by atoms with Crippen molar-refractivity contribution in [3.8, 4) is 6.07 Å². The molecule has 1 saturated heterocycles. The second-order valence-corrected chi connectivity index (χ2v) is 5.33. The second kappa shape index (κ2) is 8.10. The van der Waals surface area contributed by atoms with Gasteiger partial charge in [-0.15, -0.1) is 0 Å². The molecule has 0 saturated carbocycles. The van der Waals surface area contributed by atoms with Crippen LogP contribution in [0.2, 0.25) is 0 Å². The van der Waals surface area contributed by atoms with E-state index in [9.17, 15) is 4.79 Å². The van der Waals surface area contributed by atoms with Crippen molar-refractivity contribution in [1.82, 2.24) is 4.90 Å². The quantitative estimate of drug-likeness (QED) is 0.729. The first-order valence-electron chi connectivity index (χ1n) is 6.89. The monoisotopic (exact) mass is 252 g/mol. The SMILES string of the molecule is CC(C)CN(CCC#N)C(=O)CC1CCCCO1. The number of amides is 1. The Labute approximate surface area is 110 Å². The molecule has 0 aliphatic carbocycles. The van der Waals surface area contributed by atoms with Crippen molar-refractivity contribution in [3.05, 3.63) is 0 Å². The van der Waals surface area contributed by atoms with E-state index < -0.39 is 0 Å². The van der Waals surface area contributed by atoms with Crippen LogP contribution in [0.4, 0.5) is 0 Å². The molecular formula is C14H24N2O2. The maximum Gasteiger partial charge on any atom is 0.225 e. The highest BCUT2D eigenvalue weighted by Gasteiger charge is 2.21. The Morgan fingerprint density at radius 3 is 2.83 bits per heavy atom. The van der Waals surface area contributed by atoms with Gasteiger partial charge >= 0.3 is 0 Å². The molecule has 0 bridgehead atoms. The summed E-state index contributed by atoms with van der Waals surface area (Å²) in [4.78, 5) is 14.0. The minimum absolute atomic E-state index is 0.0861. The molecule has 1 rings (SSSR count). The molecule has 1 heterocycles. The summed E-state index contributed by atoms with van der Waals surface area (Å²) in [6.45, 7) is 6.22. The average Bonchev–Trinajstić information content (AvgIpc) is 2.35. The third-order valence-electron chi connectivity index (χ3n) is 3.11. The van der Waals surface area contributed by atoms with E-state index in [0.717, 1.165) is 32.4 Å². The topological polar surface area (TPSA) is 53.3 Å². The highest BCUT2D eigenvalue weighted by atomic mass is 16.5. The molecule has 0 aromatic carbocycles. The van der Waals surface area contributed by atoms with Crippen molar-refractivity contribution >= 4 is 5.91 Å². The summed E-state index contributed by atoms with van der Waals surface area (Å²) in [6.07, 6.45) is 4.21. The molecule has 0 radical (unpaired) electrons. The fourth-order valence-corrected chi connectivity index (χ4v) is 2.24. The highest BCUT2D eigenvalue weighted by molar-refractivity contribution is 5.76. The van der Waals surface area contributed by atoms with E-state index in [-0.39, 0.29) is 12.0 Å². The third kappa shape index (κ3) is 5.50. The van der Waals surface area contributed by atoms with Gasteiger partial charge in [-0.1, -0.05) is 13.8 Å². The Bertz CT molecular complexity index is 291. The molecule has 1 unspecified atom stereocenters. The number of carbonyl (C=O) groups is 1. The van der Waals surface area contributed by atoms with Crippen molar-refractivity contribution in [2.75, 3.05) is 19.7 Å². The number of rotatable bonds is 6. The number of hydrogen-bond acceptors (Lipinski definition) is 3. The Hall–Kier alpha value is -1.08. The Morgan fingerprint density at radius 1 is 1.50 bits per heavy atom. The minimum Gasteiger partial charge on any atom is -0.378 e. The van der Waals surface area contributed by atoms with Gasteiger partial charge in [0.15, 0.2) is 0 Å². The molecule has 1 atom stereocenters. The van der Waals surface area contributed by atoms with Gasteiger partial charge in [0.2, 0.25) is 5.91 Å². The smallest absolute Gasteiger partial charge is 0.225 e. The lowest BCUT2D eigenvalue weighted by Gasteiger charge is -2.27. The molecule has 1 aliphatic heterocycles. The van der Waals surface area contributed by atoms with Crippen molar-refractivity contribution < 1.29 is 9.53 Å². The van der Waals surface area contributed by atoms with Crippen LogP contribution in [-0.4, -0.2) is 36.6 Å². The van der Waals surface area contributed by atoms with E-state index in [2.05, 4.69) is 19.9 Å². The van der Waals surface area contributed by atoms with Crippen molar-refractivity contribution in [1.29, 1.82) is 5.26 Å². The van der Waals surface area contributed by atoms with Gasteiger partial charge in [0.1, 0.15) is 0 Å². The zero-order chi connectivity index (χ0) is 13.4. The van der Waals surface area contributed by atoms with E-state index in [1.165, 1.54) is 0 Å². The lowest BCUT2D eigenvalue weighted by atomic mass is 10.1. The lowest BCUT2D eigenvalue weighted by molar-refractivity contribution is -0.135. The predicted molar refractivity (Wildman–Crippen MR) is 69.9 cm³/mol. The van der Waals surface area contributed by atoms with Gasteiger partial charge in [-0.05, 0) is 25.2 Å². The first kappa shape index (κ1) is 15.0. The first-order chi connectivity index (χ1) is 8.63. The van der Waals surface area contributed by atoms with E-state index in [0.29, 0.717) is 25.3 Å². The molecular weight excluding hydrogens is 228 g/mol. The van der Waals surface area contributed by atoms with Crippen molar-refractivity contribution in [3.63, 3.8) is 0 Å². The molecule has 1 aliphatic rings. The zero-order valence-electron chi connectivity index (χ0n) is 11.5. The van der Waals surface area contributed by atoms with E-state index in [1.807, 2.05) is 4.90 Å². The predicted octanol–water partition coefficient (Wildman–Crippen LogP) is 2.34. The van der Waals surface area contributed by atoms with E-state index >= 15 is 0 Å². The third-order valence-corrected chi connectivity index (χ3v) is 3.11. The average molecular weight is 252 g/mol. The van der Waals surface area contributed by atoms with Crippen LogP contribution < -0.4 is 0 Å². The molecule has 0 spiro atoms. The van der Waals surface area contributed by atoms with Gasteiger partial charge in [0.05, 0.1) is 25.0 Å². The van der Waals surface area contributed by atoms with Crippen LogP contribution in [0.3, 0.4) is 0 Å². The molecule has 4 nitrogen and oxygen atoms in total. The fourth-order valence-electron chi connectivity index (χ4n) is 2.24. The molecule has 4 heteroatoms. The summed E-state index contributed by atoms with van der Waals surface area (Å²) in [7, 11) is 0. The fraction of sp³-hybridized carbons (Fsp3) is 0.857. The first-order valence-corrected chi connectivity index (χ1v) is 6.89.